The van der Waals surface area contributed by atoms with Crippen LogP contribution in [0, 0.1) is 5.82 Å². The smallest absolute Gasteiger partial charge is 0.254 e. The summed E-state index contributed by atoms with van der Waals surface area (Å²) in [6, 6.07) is 3.25. The van der Waals surface area contributed by atoms with Crippen molar-refractivity contribution in [1.82, 2.24) is 10.2 Å². The first kappa shape index (κ1) is 14.7. The number of phenolic OH excluding ortho intramolecular Hbond substituents is 1. The first-order chi connectivity index (χ1) is 9.47. The molecule has 2 N–H and O–H groups in total. The molecule has 0 aromatic heterocycles. The zero-order chi connectivity index (χ0) is 14.7. The fraction of sp³-hybridized carbons (Fsp3) is 0.500. The molecule has 110 valence electrons. The van der Waals surface area contributed by atoms with Gasteiger partial charge in [0.15, 0.2) is 0 Å². The van der Waals surface area contributed by atoms with Gasteiger partial charge in [-0.2, -0.15) is 0 Å². The van der Waals surface area contributed by atoms with Crippen molar-refractivity contribution >= 4 is 5.91 Å². The molecule has 0 saturated carbocycles. The second kappa shape index (κ2) is 6.19. The van der Waals surface area contributed by atoms with Gasteiger partial charge in [0, 0.05) is 19.2 Å². The molecular weight excluding hydrogens is 263 g/mol. The van der Waals surface area contributed by atoms with Crippen molar-refractivity contribution in [1.29, 1.82) is 0 Å². The summed E-state index contributed by atoms with van der Waals surface area (Å²) in [4.78, 5) is 14.1. The van der Waals surface area contributed by atoms with Crippen LogP contribution in [0.15, 0.2) is 18.2 Å². The molecule has 1 aromatic carbocycles. The lowest BCUT2D eigenvalue weighted by molar-refractivity contribution is -0.0342. The number of benzene rings is 1. The number of hydrogen-bond donors (Lipinski definition) is 2. The van der Waals surface area contributed by atoms with Gasteiger partial charge in [0.05, 0.1) is 24.3 Å². The number of halogens is 1. The SMILES string of the molecule is C[C@H](NC(=O)c1ccc(O)cc1F)[C@H]1CN(C)CCO1. The zero-order valence-corrected chi connectivity index (χ0v) is 11.6. The van der Waals surface area contributed by atoms with Crippen molar-refractivity contribution in [3.8, 4) is 5.75 Å². The Morgan fingerprint density at radius 3 is 3.00 bits per heavy atom. The summed E-state index contributed by atoms with van der Waals surface area (Å²) in [5.74, 6) is -1.45. The topological polar surface area (TPSA) is 61.8 Å². The third kappa shape index (κ3) is 3.46. The average Bonchev–Trinajstić information content (AvgIpc) is 2.38. The van der Waals surface area contributed by atoms with Crippen LogP contribution in [0.3, 0.4) is 0 Å². The number of carbonyl (C=O) groups excluding carboxylic acids is 1. The molecule has 0 bridgehead atoms. The van der Waals surface area contributed by atoms with E-state index in [1.807, 2.05) is 14.0 Å². The first-order valence-electron chi connectivity index (χ1n) is 6.57. The summed E-state index contributed by atoms with van der Waals surface area (Å²) in [5, 5.41) is 11.9. The lowest BCUT2D eigenvalue weighted by atomic mass is 10.1. The Hall–Kier alpha value is -1.66. The Kier molecular flexibility index (Phi) is 4.57. The molecule has 2 atom stereocenters. The molecule has 5 nitrogen and oxygen atoms in total. The molecule has 1 heterocycles. The van der Waals surface area contributed by atoms with Gasteiger partial charge in [-0.15, -0.1) is 0 Å². The lowest BCUT2D eigenvalue weighted by Crippen LogP contribution is -2.51. The molecule has 20 heavy (non-hydrogen) atoms. The largest absolute Gasteiger partial charge is 0.508 e. The lowest BCUT2D eigenvalue weighted by Gasteiger charge is -2.33. The Morgan fingerprint density at radius 1 is 1.60 bits per heavy atom. The van der Waals surface area contributed by atoms with Gasteiger partial charge in [0.2, 0.25) is 0 Å². The van der Waals surface area contributed by atoms with Crippen molar-refractivity contribution in [3.63, 3.8) is 0 Å². The fourth-order valence-corrected chi connectivity index (χ4v) is 2.18. The van der Waals surface area contributed by atoms with Gasteiger partial charge in [-0.3, -0.25) is 4.79 Å². The minimum Gasteiger partial charge on any atom is -0.508 e. The number of hydrogen-bond acceptors (Lipinski definition) is 4. The molecule has 0 spiro atoms. The van der Waals surface area contributed by atoms with Gasteiger partial charge < -0.3 is 20.1 Å². The average molecular weight is 282 g/mol. The predicted molar refractivity (Wildman–Crippen MR) is 72.2 cm³/mol. The minimum atomic E-state index is -0.739. The van der Waals surface area contributed by atoms with Crippen LogP contribution < -0.4 is 5.32 Å². The van der Waals surface area contributed by atoms with E-state index in [0.29, 0.717) is 6.61 Å². The zero-order valence-electron chi connectivity index (χ0n) is 11.6. The molecule has 0 unspecified atom stereocenters. The van der Waals surface area contributed by atoms with Gasteiger partial charge in [0.25, 0.3) is 5.91 Å². The predicted octanol–water partition coefficient (Wildman–Crippen LogP) is 0.980. The molecule has 6 heteroatoms. The second-order valence-electron chi connectivity index (χ2n) is 5.10. The number of amides is 1. The maximum Gasteiger partial charge on any atom is 0.254 e. The molecular formula is C14H19FN2O3. The van der Waals surface area contributed by atoms with E-state index in [2.05, 4.69) is 10.2 Å². The number of phenols is 1. The van der Waals surface area contributed by atoms with Crippen LogP contribution in [-0.2, 0) is 4.74 Å². The van der Waals surface area contributed by atoms with Crippen LogP contribution in [0.5, 0.6) is 5.75 Å². The Balaban J connectivity index is 1.99. The minimum absolute atomic E-state index is 0.0844. The Morgan fingerprint density at radius 2 is 2.35 bits per heavy atom. The van der Waals surface area contributed by atoms with Crippen LogP contribution in [0.25, 0.3) is 0 Å². The first-order valence-corrected chi connectivity index (χ1v) is 6.57. The van der Waals surface area contributed by atoms with E-state index in [1.54, 1.807) is 0 Å². The van der Waals surface area contributed by atoms with Crippen molar-refractivity contribution in [2.75, 3.05) is 26.7 Å². The molecule has 2 rings (SSSR count). The molecule has 0 radical (unpaired) electrons. The van der Waals surface area contributed by atoms with E-state index >= 15 is 0 Å². The van der Waals surface area contributed by atoms with Crippen molar-refractivity contribution in [2.24, 2.45) is 0 Å². The summed E-state index contributed by atoms with van der Waals surface area (Å²) in [5.41, 5.74) is -0.0844. The number of carbonyl (C=O) groups is 1. The molecule has 1 amide bonds. The van der Waals surface area contributed by atoms with E-state index in [1.165, 1.54) is 12.1 Å². The number of nitrogens with one attached hydrogen (secondary N) is 1. The third-order valence-corrected chi connectivity index (χ3v) is 3.41. The number of likely N-dealkylation sites (N-methyl/N-ethyl adjacent to an activating group) is 1. The molecule has 1 saturated heterocycles. The molecule has 1 fully saturated rings. The van der Waals surface area contributed by atoms with Crippen molar-refractivity contribution < 1.29 is 19.0 Å². The third-order valence-electron chi connectivity index (χ3n) is 3.41. The summed E-state index contributed by atoms with van der Waals surface area (Å²) in [6.45, 7) is 4.04. The fourth-order valence-electron chi connectivity index (χ4n) is 2.18. The van der Waals surface area contributed by atoms with Crippen molar-refractivity contribution in [2.45, 2.75) is 19.1 Å². The highest BCUT2D eigenvalue weighted by atomic mass is 19.1. The molecule has 1 aromatic rings. The van der Waals surface area contributed by atoms with E-state index < -0.39 is 11.7 Å². The van der Waals surface area contributed by atoms with Crippen LogP contribution in [0.4, 0.5) is 4.39 Å². The normalized spacial score (nSPS) is 21.4. The summed E-state index contributed by atoms with van der Waals surface area (Å²) in [6.07, 6.45) is -0.113. The van der Waals surface area contributed by atoms with Crippen LogP contribution >= 0.6 is 0 Å². The number of ether oxygens (including phenoxy) is 1. The molecule has 1 aliphatic rings. The number of rotatable bonds is 3. The van der Waals surface area contributed by atoms with E-state index in [4.69, 9.17) is 9.84 Å². The standard InChI is InChI=1S/C14H19FN2O3/c1-9(13-8-17(2)5-6-20-13)16-14(19)11-4-3-10(18)7-12(11)15/h3-4,7,9,13,18H,5-6,8H2,1-2H3,(H,16,19)/t9-,13+/m0/s1. The van der Waals surface area contributed by atoms with Gasteiger partial charge >= 0.3 is 0 Å². The monoisotopic (exact) mass is 282 g/mol. The summed E-state index contributed by atoms with van der Waals surface area (Å²) in [7, 11) is 1.99. The number of aromatic hydroxyl groups is 1. The Labute approximate surface area is 117 Å². The van der Waals surface area contributed by atoms with Crippen molar-refractivity contribution in [3.05, 3.63) is 29.6 Å². The molecule has 1 aliphatic heterocycles. The maximum atomic E-state index is 13.6. The number of morpholine rings is 1. The molecule has 0 aliphatic carbocycles. The van der Waals surface area contributed by atoms with Gasteiger partial charge in [-0.05, 0) is 26.1 Å². The van der Waals surface area contributed by atoms with Crippen LogP contribution in [-0.4, -0.2) is 54.8 Å². The quantitative estimate of drug-likeness (QED) is 0.867. The van der Waals surface area contributed by atoms with Gasteiger partial charge in [-0.1, -0.05) is 0 Å². The van der Waals surface area contributed by atoms with Crippen LogP contribution in [0.1, 0.15) is 17.3 Å². The van der Waals surface area contributed by atoms with E-state index in [0.717, 1.165) is 19.2 Å². The van der Waals surface area contributed by atoms with E-state index in [9.17, 15) is 9.18 Å². The second-order valence-corrected chi connectivity index (χ2v) is 5.10. The maximum absolute atomic E-state index is 13.6. The highest BCUT2D eigenvalue weighted by Gasteiger charge is 2.25. The summed E-state index contributed by atoms with van der Waals surface area (Å²) < 4.78 is 19.2. The summed E-state index contributed by atoms with van der Waals surface area (Å²) >= 11 is 0. The Bertz CT molecular complexity index is 495. The van der Waals surface area contributed by atoms with Gasteiger partial charge in [-0.25, -0.2) is 4.39 Å². The van der Waals surface area contributed by atoms with Gasteiger partial charge in [0.1, 0.15) is 11.6 Å². The van der Waals surface area contributed by atoms with Crippen LogP contribution in [0.2, 0.25) is 0 Å². The number of nitrogens with zero attached hydrogens (tertiary/aromatic N) is 1. The highest BCUT2D eigenvalue weighted by Crippen LogP contribution is 2.15. The highest BCUT2D eigenvalue weighted by molar-refractivity contribution is 5.94. The van der Waals surface area contributed by atoms with E-state index in [-0.39, 0.29) is 23.5 Å².